The van der Waals surface area contributed by atoms with E-state index in [0.29, 0.717) is 23.7 Å². The predicted molar refractivity (Wildman–Crippen MR) is 127 cm³/mol. The van der Waals surface area contributed by atoms with Crippen LogP contribution in [0.2, 0.25) is 5.02 Å². The van der Waals surface area contributed by atoms with Crippen LogP contribution in [0.3, 0.4) is 0 Å². The van der Waals surface area contributed by atoms with Gasteiger partial charge in [-0.2, -0.15) is 13.8 Å². The summed E-state index contributed by atoms with van der Waals surface area (Å²) < 4.78 is 41.5. The number of aliphatic hydroxyl groups is 1. The first-order valence-electron chi connectivity index (χ1n) is 11.9. The number of fused-ring (bicyclic) bond motifs is 3. The van der Waals surface area contributed by atoms with Crippen LogP contribution in [0.5, 0.6) is 0 Å². The molecule has 10 heteroatoms. The van der Waals surface area contributed by atoms with Crippen LogP contribution in [0.25, 0.3) is 0 Å². The van der Waals surface area contributed by atoms with Crippen molar-refractivity contribution in [1.29, 1.82) is 0 Å². The summed E-state index contributed by atoms with van der Waals surface area (Å²) in [7, 11) is -2.51. The number of rotatable bonds is 5. The summed E-state index contributed by atoms with van der Waals surface area (Å²) in [4.78, 5) is 11.3. The fourth-order valence-electron chi connectivity index (χ4n) is 6.23. The zero-order chi connectivity index (χ0) is 23.7. The first-order chi connectivity index (χ1) is 16.3. The first kappa shape index (κ1) is 22.6. The summed E-state index contributed by atoms with van der Waals surface area (Å²) in [6.07, 6.45) is 3.92. The number of nitrogens with zero attached hydrogens (tertiary/aromatic N) is 3. The minimum atomic E-state index is -3.36. The molecular weight excluding hydrogens is 482 g/mol. The van der Waals surface area contributed by atoms with E-state index in [0.717, 1.165) is 50.2 Å². The van der Waals surface area contributed by atoms with E-state index in [4.69, 9.17) is 11.6 Å². The van der Waals surface area contributed by atoms with Gasteiger partial charge in [0.05, 0.1) is 24.3 Å². The molecule has 1 saturated heterocycles. The number of hydrogen-bond acceptors (Lipinski definition) is 6. The molecule has 2 aliphatic heterocycles. The van der Waals surface area contributed by atoms with E-state index in [1.807, 2.05) is 12.1 Å². The van der Waals surface area contributed by atoms with Crippen LogP contribution in [0, 0.1) is 11.8 Å². The molecule has 182 valence electrons. The summed E-state index contributed by atoms with van der Waals surface area (Å²) >= 11 is 6.08. The largest absolute Gasteiger partial charge is 0.394 e. The molecule has 3 fully saturated rings. The van der Waals surface area contributed by atoms with Crippen LogP contribution in [-0.4, -0.2) is 49.8 Å². The van der Waals surface area contributed by atoms with Crippen molar-refractivity contribution in [1.82, 2.24) is 9.97 Å². The van der Waals surface area contributed by atoms with Crippen LogP contribution in [-0.2, 0) is 17.2 Å². The van der Waals surface area contributed by atoms with E-state index >= 15 is 0 Å². The normalized spacial score (nSPS) is 30.6. The number of aromatic nitrogens is 2. The predicted octanol–water partition coefficient (Wildman–Crippen LogP) is 4.34. The third-order valence-electron chi connectivity index (χ3n) is 8.12. The van der Waals surface area contributed by atoms with E-state index in [-0.39, 0.29) is 23.0 Å². The van der Waals surface area contributed by atoms with E-state index in [9.17, 15) is 18.1 Å². The fraction of sp³-hybridized carbons (Fsp3) is 0.583. The summed E-state index contributed by atoms with van der Waals surface area (Å²) in [6, 6.07) is 8.07. The maximum atomic E-state index is 14.4. The Kier molecular flexibility index (Phi) is 5.39. The van der Waals surface area contributed by atoms with E-state index in [2.05, 4.69) is 32.3 Å². The molecule has 1 aromatic heterocycles. The highest BCUT2D eigenvalue weighted by Gasteiger charge is 2.51. The molecule has 3 heterocycles. The van der Waals surface area contributed by atoms with Crippen molar-refractivity contribution < 1.29 is 18.1 Å². The highest BCUT2D eigenvalue weighted by Crippen LogP contribution is 2.49. The number of alkyl halides is 2. The number of benzene rings is 1. The van der Waals surface area contributed by atoms with Gasteiger partial charge in [0.2, 0.25) is 5.95 Å². The van der Waals surface area contributed by atoms with E-state index in [1.165, 1.54) is 5.56 Å². The molecule has 1 aromatic carbocycles. The van der Waals surface area contributed by atoms with Crippen LogP contribution < -0.4 is 10.2 Å². The lowest BCUT2D eigenvalue weighted by Gasteiger charge is -2.42. The SMILES string of the molecule is O=S1c2c(nc(N3CC4CCC(C3)C4c3ccc(Cl)cc3)nc2NC2(CO)CCC2)CC1(F)F. The van der Waals surface area contributed by atoms with Gasteiger partial charge in [-0.3, -0.25) is 0 Å². The standard InChI is InChI=1S/C24H27ClF2N4O2S/c25-17-6-4-14(5-7-17)19-15-2-3-16(19)12-31(11-15)22-28-18-10-24(26,27)34(33)20(18)21(29-22)30-23(13-32)8-1-9-23/h4-7,15-16,19,32H,1-3,8-13H2,(H,28,29,30). The minimum absolute atomic E-state index is 0.00695. The first-order valence-corrected chi connectivity index (χ1v) is 13.4. The number of anilines is 2. The number of nitrogens with one attached hydrogen (secondary N) is 1. The molecule has 0 amide bonds. The molecule has 0 radical (unpaired) electrons. The number of aliphatic hydroxyl groups excluding tert-OH is 1. The maximum Gasteiger partial charge on any atom is 0.331 e. The van der Waals surface area contributed by atoms with Crippen molar-refractivity contribution in [2.24, 2.45) is 11.8 Å². The third kappa shape index (κ3) is 3.62. The molecule has 2 bridgehead atoms. The average molecular weight is 509 g/mol. The summed E-state index contributed by atoms with van der Waals surface area (Å²) in [5, 5.41) is 10.5. The van der Waals surface area contributed by atoms with Gasteiger partial charge >= 0.3 is 5.25 Å². The van der Waals surface area contributed by atoms with Crippen molar-refractivity contribution in [3.8, 4) is 0 Å². The Morgan fingerprint density at radius 3 is 2.41 bits per heavy atom. The summed E-state index contributed by atoms with van der Waals surface area (Å²) in [5.41, 5.74) is 0.844. The number of piperidine rings is 1. The molecular formula is C24H27ClF2N4O2S. The molecule has 6 nitrogen and oxygen atoms in total. The lowest BCUT2D eigenvalue weighted by Crippen LogP contribution is -2.49. The van der Waals surface area contributed by atoms with Crippen LogP contribution in [0.1, 0.15) is 49.3 Å². The third-order valence-corrected chi connectivity index (χ3v) is 9.86. The molecule has 3 atom stereocenters. The lowest BCUT2D eigenvalue weighted by molar-refractivity contribution is 0.104. The molecule has 4 aliphatic rings. The molecule has 2 N–H and O–H groups in total. The summed E-state index contributed by atoms with van der Waals surface area (Å²) in [5.74, 6) is 1.87. The molecule has 0 spiro atoms. The Bertz CT molecular complexity index is 1130. The molecule has 2 aliphatic carbocycles. The number of halogens is 3. The molecule has 3 unspecified atom stereocenters. The molecule has 34 heavy (non-hydrogen) atoms. The van der Waals surface area contributed by atoms with Gasteiger partial charge in [0, 0.05) is 18.1 Å². The van der Waals surface area contributed by atoms with Gasteiger partial charge in [-0.05, 0) is 67.6 Å². The van der Waals surface area contributed by atoms with Crippen molar-refractivity contribution in [2.75, 3.05) is 29.9 Å². The van der Waals surface area contributed by atoms with Gasteiger partial charge < -0.3 is 15.3 Å². The van der Waals surface area contributed by atoms with Crippen molar-refractivity contribution in [3.05, 3.63) is 40.5 Å². The second-order valence-corrected chi connectivity index (χ2v) is 12.2. The lowest BCUT2D eigenvalue weighted by atomic mass is 9.77. The van der Waals surface area contributed by atoms with Crippen molar-refractivity contribution in [3.63, 3.8) is 0 Å². The monoisotopic (exact) mass is 508 g/mol. The Morgan fingerprint density at radius 1 is 1.15 bits per heavy atom. The second-order valence-electron chi connectivity index (χ2n) is 10.2. The van der Waals surface area contributed by atoms with Crippen LogP contribution >= 0.6 is 11.6 Å². The molecule has 6 rings (SSSR count). The van der Waals surface area contributed by atoms with Gasteiger partial charge in [0.25, 0.3) is 0 Å². The Balaban J connectivity index is 1.32. The van der Waals surface area contributed by atoms with Crippen LogP contribution in [0.4, 0.5) is 20.5 Å². The quantitative estimate of drug-likeness (QED) is 0.625. The highest BCUT2D eigenvalue weighted by molar-refractivity contribution is 7.86. The highest BCUT2D eigenvalue weighted by atomic mass is 35.5. The van der Waals surface area contributed by atoms with Gasteiger partial charge in [-0.15, -0.1) is 0 Å². The fourth-order valence-corrected chi connectivity index (χ4v) is 7.52. The summed E-state index contributed by atoms with van der Waals surface area (Å²) in [6.45, 7) is 1.36. The maximum absolute atomic E-state index is 14.4. The Hall–Kier alpha value is -1.84. The topological polar surface area (TPSA) is 78.4 Å². The second kappa shape index (κ2) is 8.10. The van der Waals surface area contributed by atoms with Gasteiger partial charge in [-0.1, -0.05) is 23.7 Å². The van der Waals surface area contributed by atoms with Crippen LogP contribution in [0.15, 0.2) is 29.2 Å². The molecule has 2 saturated carbocycles. The Labute approximate surface area is 204 Å². The van der Waals surface area contributed by atoms with Gasteiger partial charge in [0.15, 0.2) is 0 Å². The average Bonchev–Trinajstić information content (AvgIpc) is 3.18. The van der Waals surface area contributed by atoms with Gasteiger partial charge in [-0.25, -0.2) is 9.19 Å². The minimum Gasteiger partial charge on any atom is -0.394 e. The van der Waals surface area contributed by atoms with E-state index < -0.39 is 28.0 Å². The van der Waals surface area contributed by atoms with E-state index in [1.54, 1.807) is 0 Å². The molecule has 2 aromatic rings. The zero-order valence-electron chi connectivity index (χ0n) is 18.6. The Morgan fingerprint density at radius 2 is 1.82 bits per heavy atom. The van der Waals surface area contributed by atoms with Gasteiger partial charge in [0.1, 0.15) is 21.5 Å². The zero-order valence-corrected chi connectivity index (χ0v) is 20.2. The van der Waals surface area contributed by atoms with Crippen molar-refractivity contribution in [2.45, 2.75) is 60.1 Å². The smallest absolute Gasteiger partial charge is 0.331 e. The number of hydrogen-bond donors (Lipinski definition) is 2. The van der Waals surface area contributed by atoms with Crippen molar-refractivity contribution >= 4 is 34.2 Å².